The van der Waals surface area contributed by atoms with E-state index in [0.29, 0.717) is 49.4 Å². The molecule has 1 aromatic rings. The first kappa shape index (κ1) is 23.8. The molecule has 0 bridgehead atoms. The van der Waals surface area contributed by atoms with Crippen molar-refractivity contribution in [3.8, 4) is 5.75 Å². The van der Waals surface area contributed by atoms with Crippen LogP contribution in [0.15, 0.2) is 12.1 Å². The van der Waals surface area contributed by atoms with Crippen molar-refractivity contribution in [1.82, 2.24) is 4.90 Å². The van der Waals surface area contributed by atoms with Crippen molar-refractivity contribution < 1.29 is 24.4 Å². The highest BCUT2D eigenvalue weighted by Gasteiger charge is 2.24. The van der Waals surface area contributed by atoms with E-state index >= 15 is 0 Å². The number of carbonyl (C=O) groups excluding carboxylic acids is 2. The maximum absolute atomic E-state index is 12.8. The van der Waals surface area contributed by atoms with Gasteiger partial charge in [-0.25, -0.2) is 0 Å². The molecule has 1 aliphatic carbocycles. The number of benzene rings is 1. The number of ether oxygens (including phenoxy) is 1. The van der Waals surface area contributed by atoms with Gasteiger partial charge < -0.3 is 14.7 Å². The minimum absolute atomic E-state index is 0.0153. The predicted molar refractivity (Wildman–Crippen MR) is 113 cm³/mol. The minimum Gasteiger partial charge on any atom is -0.494 e. The van der Waals surface area contributed by atoms with Crippen molar-refractivity contribution in [2.24, 2.45) is 0 Å². The van der Waals surface area contributed by atoms with Crippen LogP contribution in [0.1, 0.15) is 73.7 Å². The van der Waals surface area contributed by atoms with Gasteiger partial charge in [-0.1, -0.05) is 19.3 Å². The maximum atomic E-state index is 12.8. The molecule has 0 spiro atoms. The molecule has 2 rings (SSSR count). The number of nitrogens with zero attached hydrogens (tertiary/aromatic N) is 2. The first-order chi connectivity index (χ1) is 14.5. The van der Waals surface area contributed by atoms with Crippen LogP contribution in [0.3, 0.4) is 0 Å². The van der Waals surface area contributed by atoms with Crippen LogP contribution in [0, 0.1) is 17.0 Å². The van der Waals surface area contributed by atoms with Gasteiger partial charge in [0, 0.05) is 31.2 Å². The van der Waals surface area contributed by atoms with Gasteiger partial charge in [-0.05, 0) is 51.2 Å². The Morgan fingerprint density at radius 3 is 2.63 bits per heavy atom. The van der Waals surface area contributed by atoms with Gasteiger partial charge in [0.05, 0.1) is 17.1 Å². The zero-order chi connectivity index (χ0) is 21.9. The molecule has 1 saturated carbocycles. The zero-order valence-electron chi connectivity index (χ0n) is 17.7. The summed E-state index contributed by atoms with van der Waals surface area (Å²) in [6, 6.07) is 3.19. The number of hydrogen-bond acceptors (Lipinski definition) is 6. The van der Waals surface area contributed by atoms with Crippen LogP contribution in [0.25, 0.3) is 0 Å². The summed E-state index contributed by atoms with van der Waals surface area (Å²) < 4.78 is 5.65. The van der Waals surface area contributed by atoms with Crippen LogP contribution in [-0.2, 0) is 4.79 Å². The number of nitro benzene ring substituents is 1. The smallest absolute Gasteiger partial charge is 0.283 e. The van der Waals surface area contributed by atoms with Gasteiger partial charge in [0.25, 0.3) is 5.69 Å². The number of aldehydes is 1. The Kier molecular flexibility index (Phi) is 9.73. The Morgan fingerprint density at radius 2 is 2.00 bits per heavy atom. The van der Waals surface area contributed by atoms with Gasteiger partial charge in [0.1, 0.15) is 5.75 Å². The van der Waals surface area contributed by atoms with Gasteiger partial charge in [-0.15, -0.1) is 0 Å². The lowest BCUT2D eigenvalue weighted by atomic mass is 9.93. The van der Waals surface area contributed by atoms with Crippen molar-refractivity contribution >= 4 is 17.9 Å². The van der Waals surface area contributed by atoms with Crippen molar-refractivity contribution in [2.75, 3.05) is 19.8 Å². The van der Waals surface area contributed by atoms with Crippen LogP contribution in [0.2, 0.25) is 0 Å². The van der Waals surface area contributed by atoms with E-state index in [4.69, 9.17) is 9.84 Å². The van der Waals surface area contributed by atoms with E-state index in [1.807, 2.05) is 4.90 Å². The highest BCUT2D eigenvalue weighted by Crippen LogP contribution is 2.28. The number of amides is 1. The molecule has 1 fully saturated rings. The molecule has 30 heavy (non-hydrogen) atoms. The molecule has 1 amide bonds. The summed E-state index contributed by atoms with van der Waals surface area (Å²) in [5.74, 6) is 0.497. The van der Waals surface area contributed by atoms with Crippen molar-refractivity contribution in [3.05, 3.63) is 33.4 Å². The number of aliphatic hydroxyl groups is 1. The monoisotopic (exact) mass is 420 g/mol. The lowest BCUT2D eigenvalue weighted by Crippen LogP contribution is -2.42. The van der Waals surface area contributed by atoms with E-state index in [2.05, 4.69) is 0 Å². The standard InChI is InChI=1S/C22H32N2O6/c1-17-14-20(15-18(16-26)22(17)24(28)29)30-13-7-10-21(27)23(11-5-6-12-25)19-8-3-2-4-9-19/h14-16,19,25H,2-13H2,1H3. The van der Waals surface area contributed by atoms with E-state index in [0.717, 1.165) is 32.1 Å². The number of carbonyl (C=O) groups is 2. The third-order valence-electron chi connectivity index (χ3n) is 5.56. The van der Waals surface area contributed by atoms with Gasteiger partial charge >= 0.3 is 0 Å². The SMILES string of the molecule is Cc1cc(OCCCC(=O)N(CCCCO)C2CCCCC2)cc(C=O)c1[N+](=O)[O-]. The fourth-order valence-corrected chi connectivity index (χ4v) is 4.05. The first-order valence-corrected chi connectivity index (χ1v) is 10.7. The molecule has 0 atom stereocenters. The molecule has 0 aromatic heterocycles. The fourth-order valence-electron chi connectivity index (χ4n) is 4.05. The molecule has 1 aromatic carbocycles. The normalized spacial score (nSPS) is 14.3. The van der Waals surface area contributed by atoms with Gasteiger partial charge in [-0.2, -0.15) is 0 Å². The number of aryl methyl sites for hydroxylation is 1. The first-order valence-electron chi connectivity index (χ1n) is 10.7. The Labute approximate surface area is 177 Å². The van der Waals surface area contributed by atoms with Crippen LogP contribution in [0.4, 0.5) is 5.69 Å². The topological polar surface area (TPSA) is 110 Å². The number of hydrogen-bond donors (Lipinski definition) is 1. The minimum atomic E-state index is -0.571. The lowest BCUT2D eigenvalue weighted by molar-refractivity contribution is -0.385. The zero-order valence-corrected chi connectivity index (χ0v) is 17.7. The summed E-state index contributed by atoms with van der Waals surface area (Å²) in [4.78, 5) is 36.5. The highest BCUT2D eigenvalue weighted by atomic mass is 16.6. The molecule has 0 saturated heterocycles. The lowest BCUT2D eigenvalue weighted by Gasteiger charge is -2.34. The molecule has 8 heteroatoms. The second-order valence-electron chi connectivity index (χ2n) is 7.81. The molecular formula is C22H32N2O6. The average molecular weight is 421 g/mol. The Balaban J connectivity index is 1.89. The van der Waals surface area contributed by atoms with Crippen molar-refractivity contribution in [1.29, 1.82) is 0 Å². The average Bonchev–Trinajstić information content (AvgIpc) is 2.74. The van der Waals surface area contributed by atoms with E-state index in [9.17, 15) is 19.7 Å². The second kappa shape index (κ2) is 12.3. The summed E-state index contributed by atoms with van der Waals surface area (Å²) in [5.41, 5.74) is 0.139. The van der Waals surface area contributed by atoms with Gasteiger partial charge in [0.15, 0.2) is 6.29 Å². The van der Waals surface area contributed by atoms with Crippen LogP contribution < -0.4 is 4.74 Å². The predicted octanol–water partition coefficient (Wildman–Crippen LogP) is 3.81. The van der Waals surface area contributed by atoms with Gasteiger partial charge in [-0.3, -0.25) is 19.7 Å². The Hall–Kier alpha value is -2.48. The third-order valence-corrected chi connectivity index (χ3v) is 5.56. The maximum Gasteiger partial charge on any atom is 0.283 e. The molecule has 166 valence electrons. The number of unbranched alkanes of at least 4 members (excludes halogenated alkanes) is 1. The fraction of sp³-hybridized carbons (Fsp3) is 0.636. The molecule has 0 heterocycles. The number of aliphatic hydroxyl groups excluding tert-OH is 1. The third kappa shape index (κ3) is 6.79. The van der Waals surface area contributed by atoms with Crippen LogP contribution in [-0.4, -0.2) is 52.9 Å². The van der Waals surface area contributed by atoms with E-state index in [-0.39, 0.29) is 30.4 Å². The van der Waals surface area contributed by atoms with Crippen LogP contribution in [0.5, 0.6) is 5.75 Å². The molecule has 0 aliphatic heterocycles. The van der Waals surface area contributed by atoms with Gasteiger partial charge in [0.2, 0.25) is 5.91 Å². The quantitative estimate of drug-likeness (QED) is 0.238. The van der Waals surface area contributed by atoms with Crippen molar-refractivity contribution in [3.63, 3.8) is 0 Å². The largest absolute Gasteiger partial charge is 0.494 e. The molecule has 0 unspecified atom stereocenters. The van der Waals surface area contributed by atoms with Crippen molar-refractivity contribution in [2.45, 2.75) is 70.8 Å². The summed E-state index contributed by atoms with van der Waals surface area (Å²) >= 11 is 0. The molecule has 8 nitrogen and oxygen atoms in total. The summed E-state index contributed by atoms with van der Waals surface area (Å²) in [7, 11) is 0. The molecule has 0 radical (unpaired) electrons. The summed E-state index contributed by atoms with van der Waals surface area (Å²) in [6.45, 7) is 2.67. The van der Waals surface area contributed by atoms with E-state index in [1.165, 1.54) is 18.6 Å². The number of rotatable bonds is 12. The number of nitro groups is 1. The molecule has 1 N–H and O–H groups in total. The Bertz CT molecular complexity index is 731. The summed E-state index contributed by atoms with van der Waals surface area (Å²) in [5, 5.41) is 20.1. The second-order valence-corrected chi connectivity index (χ2v) is 7.81. The molecular weight excluding hydrogens is 388 g/mol. The van der Waals surface area contributed by atoms with E-state index in [1.54, 1.807) is 6.92 Å². The van der Waals surface area contributed by atoms with Crippen LogP contribution >= 0.6 is 0 Å². The highest BCUT2D eigenvalue weighted by molar-refractivity contribution is 5.83. The summed E-state index contributed by atoms with van der Waals surface area (Å²) in [6.07, 6.45) is 8.43. The van der Waals surface area contributed by atoms with E-state index < -0.39 is 4.92 Å². The Morgan fingerprint density at radius 1 is 1.27 bits per heavy atom. The molecule has 1 aliphatic rings.